The van der Waals surface area contributed by atoms with Crippen LogP contribution in [0.3, 0.4) is 0 Å². The fourth-order valence-corrected chi connectivity index (χ4v) is 2.19. The molecule has 0 aromatic carbocycles. The average molecular weight is 209 g/mol. The molecule has 0 aliphatic heterocycles. The Bertz CT molecular complexity index is 490. The lowest BCUT2D eigenvalue weighted by Gasteiger charge is -2.06. The molecule has 2 aromatic rings. The highest BCUT2D eigenvalue weighted by atomic mass is 32.2. The molecule has 0 saturated heterocycles. The quantitative estimate of drug-likeness (QED) is 0.612. The normalized spacial score (nSPS) is 11.0. The van der Waals surface area contributed by atoms with E-state index in [1.54, 1.807) is 11.8 Å². The molecule has 0 radical (unpaired) electrons. The van der Waals surface area contributed by atoms with E-state index in [0.29, 0.717) is 17.3 Å². The lowest BCUT2D eigenvalue weighted by Crippen LogP contribution is -1.97. The Morgan fingerprint density at radius 3 is 2.71 bits per heavy atom. The zero-order valence-electron chi connectivity index (χ0n) is 7.96. The number of aromatic amines is 1. The molecule has 0 fully saturated rings. The smallest absolute Gasteiger partial charge is 0.185 e. The second-order valence-corrected chi connectivity index (χ2v) is 3.81. The Labute approximate surface area is 85.3 Å². The number of hydrogen-bond donors (Lipinski definition) is 3. The molecule has 0 saturated carbocycles. The first-order valence-corrected chi connectivity index (χ1v) is 5.31. The van der Waals surface area contributed by atoms with Crippen molar-refractivity contribution >= 4 is 34.4 Å². The number of aryl methyl sites for hydroxylation is 1. The molecule has 0 aliphatic carbocycles. The van der Waals surface area contributed by atoms with Crippen LogP contribution in [0.25, 0.3) is 11.0 Å². The van der Waals surface area contributed by atoms with Crippen molar-refractivity contribution < 1.29 is 0 Å². The minimum atomic E-state index is 0.508. The third kappa shape index (κ3) is 1.11. The molecule has 2 aromatic heterocycles. The number of pyridine rings is 1. The first-order chi connectivity index (χ1) is 6.65. The van der Waals surface area contributed by atoms with Crippen LogP contribution in [-0.4, -0.2) is 21.4 Å². The van der Waals surface area contributed by atoms with Crippen LogP contribution < -0.4 is 11.5 Å². The molecule has 0 amide bonds. The van der Waals surface area contributed by atoms with Crippen molar-refractivity contribution in [1.82, 2.24) is 15.2 Å². The van der Waals surface area contributed by atoms with Gasteiger partial charge in [0.25, 0.3) is 0 Å². The van der Waals surface area contributed by atoms with Crippen LogP contribution in [0.5, 0.6) is 0 Å². The van der Waals surface area contributed by atoms with E-state index in [1.807, 2.05) is 13.2 Å². The molecule has 2 heterocycles. The second-order valence-electron chi connectivity index (χ2n) is 2.99. The molecule has 0 bridgehead atoms. The number of nitrogens with zero attached hydrogens (tertiary/aromatic N) is 2. The molecule has 14 heavy (non-hydrogen) atoms. The number of H-pyrrole nitrogens is 1. The number of hydrogen-bond acceptors (Lipinski definition) is 5. The minimum absolute atomic E-state index is 0.508. The molecule has 6 heteroatoms. The molecule has 5 N–H and O–H groups in total. The van der Waals surface area contributed by atoms with E-state index in [4.69, 9.17) is 11.5 Å². The monoisotopic (exact) mass is 209 g/mol. The van der Waals surface area contributed by atoms with Crippen LogP contribution in [0.2, 0.25) is 0 Å². The van der Waals surface area contributed by atoms with Gasteiger partial charge in [-0.05, 0) is 18.7 Å². The molecule has 2 rings (SSSR count). The highest BCUT2D eigenvalue weighted by Crippen LogP contribution is 2.32. The number of nitrogens with one attached hydrogen (secondary N) is 1. The van der Waals surface area contributed by atoms with Crippen LogP contribution in [0.1, 0.15) is 5.56 Å². The van der Waals surface area contributed by atoms with E-state index < -0.39 is 0 Å². The molecular formula is C8H11N5S. The van der Waals surface area contributed by atoms with Gasteiger partial charge in [0.1, 0.15) is 11.6 Å². The molecular weight excluding hydrogens is 198 g/mol. The standard InChI is InChI=1S/C8H11N5S/c1-3-4-6(9)12-13-8(4)11-7(10)5(3)14-2/h1-2H3,(H5,9,10,11,12,13). The van der Waals surface area contributed by atoms with Crippen molar-refractivity contribution in [3.63, 3.8) is 0 Å². The lowest BCUT2D eigenvalue weighted by atomic mass is 10.2. The van der Waals surface area contributed by atoms with Crippen molar-refractivity contribution in [2.24, 2.45) is 0 Å². The first-order valence-electron chi connectivity index (χ1n) is 4.08. The van der Waals surface area contributed by atoms with Gasteiger partial charge in [0.2, 0.25) is 0 Å². The van der Waals surface area contributed by atoms with Crippen LogP contribution in [0, 0.1) is 6.92 Å². The van der Waals surface area contributed by atoms with Crippen molar-refractivity contribution in [2.45, 2.75) is 11.8 Å². The highest BCUT2D eigenvalue weighted by molar-refractivity contribution is 7.98. The summed E-state index contributed by atoms with van der Waals surface area (Å²) in [5, 5.41) is 7.53. The van der Waals surface area contributed by atoms with E-state index in [1.165, 1.54) is 0 Å². The number of rotatable bonds is 1. The van der Waals surface area contributed by atoms with Gasteiger partial charge in [0, 0.05) is 0 Å². The number of fused-ring (bicyclic) bond motifs is 1. The number of nitrogens with two attached hydrogens (primary N) is 2. The summed E-state index contributed by atoms with van der Waals surface area (Å²) >= 11 is 1.56. The van der Waals surface area contributed by atoms with Gasteiger partial charge in [0.05, 0.1) is 10.3 Å². The Balaban J connectivity index is 2.89. The fraction of sp³-hybridized carbons (Fsp3) is 0.250. The molecule has 5 nitrogen and oxygen atoms in total. The molecule has 0 unspecified atom stereocenters. The number of anilines is 2. The predicted molar refractivity (Wildman–Crippen MR) is 59.2 cm³/mol. The summed E-state index contributed by atoms with van der Waals surface area (Å²) in [4.78, 5) is 5.13. The number of nitrogen functional groups attached to an aromatic ring is 2. The van der Waals surface area contributed by atoms with Gasteiger partial charge >= 0.3 is 0 Å². The summed E-state index contributed by atoms with van der Waals surface area (Å²) in [6.07, 6.45) is 1.96. The maximum Gasteiger partial charge on any atom is 0.185 e. The van der Waals surface area contributed by atoms with Gasteiger partial charge in [-0.2, -0.15) is 5.10 Å². The fourth-order valence-electron chi connectivity index (χ4n) is 1.52. The van der Waals surface area contributed by atoms with Crippen molar-refractivity contribution in [3.05, 3.63) is 5.56 Å². The minimum Gasteiger partial charge on any atom is -0.384 e. The van der Waals surface area contributed by atoms with Crippen molar-refractivity contribution in [3.8, 4) is 0 Å². The summed E-state index contributed by atoms with van der Waals surface area (Å²) in [6, 6.07) is 0. The van der Waals surface area contributed by atoms with Gasteiger partial charge in [0.15, 0.2) is 5.65 Å². The third-order valence-electron chi connectivity index (χ3n) is 2.15. The predicted octanol–water partition coefficient (Wildman–Crippen LogP) is 1.15. The zero-order chi connectivity index (χ0) is 10.3. The maximum atomic E-state index is 5.78. The summed E-state index contributed by atoms with van der Waals surface area (Å²) in [7, 11) is 0. The number of thioether (sulfide) groups is 1. The summed E-state index contributed by atoms with van der Waals surface area (Å²) < 4.78 is 0. The van der Waals surface area contributed by atoms with Gasteiger partial charge in [-0.3, -0.25) is 5.10 Å². The molecule has 0 spiro atoms. The van der Waals surface area contributed by atoms with Crippen LogP contribution in [-0.2, 0) is 0 Å². The van der Waals surface area contributed by atoms with E-state index in [2.05, 4.69) is 15.2 Å². The van der Waals surface area contributed by atoms with Gasteiger partial charge in [-0.25, -0.2) is 4.98 Å². The van der Waals surface area contributed by atoms with Crippen molar-refractivity contribution in [1.29, 1.82) is 0 Å². The summed E-state index contributed by atoms with van der Waals surface area (Å²) in [5.41, 5.74) is 13.1. The van der Waals surface area contributed by atoms with E-state index in [9.17, 15) is 0 Å². The van der Waals surface area contributed by atoms with Crippen LogP contribution >= 0.6 is 11.8 Å². The summed E-state index contributed by atoms with van der Waals surface area (Å²) in [5.74, 6) is 1.05. The largest absolute Gasteiger partial charge is 0.384 e. The van der Waals surface area contributed by atoms with Crippen LogP contribution in [0.4, 0.5) is 11.6 Å². The maximum absolute atomic E-state index is 5.78. The van der Waals surface area contributed by atoms with E-state index >= 15 is 0 Å². The van der Waals surface area contributed by atoms with Crippen molar-refractivity contribution in [2.75, 3.05) is 17.7 Å². The van der Waals surface area contributed by atoms with E-state index in [0.717, 1.165) is 15.8 Å². The van der Waals surface area contributed by atoms with E-state index in [-0.39, 0.29) is 0 Å². The SMILES string of the molecule is CSc1c(N)nc2n[nH]c(N)c2c1C. The van der Waals surface area contributed by atoms with Gasteiger partial charge < -0.3 is 11.5 Å². The molecule has 74 valence electrons. The topological polar surface area (TPSA) is 93.6 Å². The van der Waals surface area contributed by atoms with Gasteiger partial charge in [-0.1, -0.05) is 0 Å². The Hall–Kier alpha value is -1.43. The zero-order valence-corrected chi connectivity index (χ0v) is 8.77. The highest BCUT2D eigenvalue weighted by Gasteiger charge is 2.13. The molecule has 0 atom stereocenters. The Kier molecular flexibility index (Phi) is 1.99. The van der Waals surface area contributed by atoms with Crippen LogP contribution in [0.15, 0.2) is 4.90 Å². The summed E-state index contributed by atoms with van der Waals surface area (Å²) in [6.45, 7) is 1.97. The first kappa shape index (κ1) is 9.14. The Morgan fingerprint density at radius 1 is 1.36 bits per heavy atom. The third-order valence-corrected chi connectivity index (χ3v) is 3.08. The second kappa shape index (κ2) is 3.06. The average Bonchev–Trinajstić information content (AvgIpc) is 2.48. The molecule has 0 aliphatic rings. The van der Waals surface area contributed by atoms with Gasteiger partial charge in [-0.15, -0.1) is 11.8 Å². The Morgan fingerprint density at radius 2 is 2.07 bits per heavy atom. The lowest BCUT2D eigenvalue weighted by molar-refractivity contribution is 1.10. The number of aromatic nitrogens is 3.